The number of ether oxygens (including phenoxy) is 1. The molecule has 0 aromatic heterocycles. The number of benzene rings is 2. The second kappa shape index (κ2) is 6.87. The van der Waals surface area contributed by atoms with Gasteiger partial charge in [0.2, 0.25) is 0 Å². The van der Waals surface area contributed by atoms with E-state index in [0.29, 0.717) is 13.0 Å². The maximum atomic E-state index is 11.2. The van der Waals surface area contributed by atoms with E-state index in [4.69, 9.17) is 5.73 Å². The Morgan fingerprint density at radius 2 is 1.80 bits per heavy atom. The SMILES string of the molecule is COC(=O)Cc1ccc(-c2cccc(CCN)c2)cc1. The van der Waals surface area contributed by atoms with Gasteiger partial charge in [-0.15, -0.1) is 0 Å². The summed E-state index contributed by atoms with van der Waals surface area (Å²) in [5.74, 6) is -0.220. The molecule has 2 aromatic carbocycles. The maximum absolute atomic E-state index is 11.2. The van der Waals surface area contributed by atoms with Crippen LogP contribution in [0, 0.1) is 0 Å². The van der Waals surface area contributed by atoms with E-state index < -0.39 is 0 Å². The van der Waals surface area contributed by atoms with Gasteiger partial charge in [0.25, 0.3) is 0 Å². The Morgan fingerprint density at radius 1 is 1.05 bits per heavy atom. The lowest BCUT2D eigenvalue weighted by molar-refractivity contribution is -0.139. The summed E-state index contributed by atoms with van der Waals surface area (Å²) in [7, 11) is 1.40. The average molecular weight is 269 g/mol. The van der Waals surface area contributed by atoms with Crippen LogP contribution in [0.25, 0.3) is 11.1 Å². The van der Waals surface area contributed by atoms with Crippen molar-refractivity contribution in [2.24, 2.45) is 5.73 Å². The zero-order valence-electron chi connectivity index (χ0n) is 11.6. The normalized spacial score (nSPS) is 10.3. The molecule has 0 aliphatic carbocycles. The molecule has 0 fully saturated rings. The fraction of sp³-hybridized carbons (Fsp3) is 0.235. The first-order chi connectivity index (χ1) is 9.72. The molecule has 0 bridgehead atoms. The van der Waals surface area contributed by atoms with Crippen LogP contribution >= 0.6 is 0 Å². The maximum Gasteiger partial charge on any atom is 0.309 e. The molecule has 0 atom stereocenters. The number of carbonyl (C=O) groups is 1. The molecule has 3 nitrogen and oxygen atoms in total. The second-order valence-electron chi connectivity index (χ2n) is 4.69. The van der Waals surface area contributed by atoms with E-state index in [9.17, 15) is 4.79 Å². The Bertz CT molecular complexity index is 576. The molecule has 3 heteroatoms. The highest BCUT2D eigenvalue weighted by molar-refractivity contribution is 5.73. The molecule has 0 saturated heterocycles. The van der Waals surface area contributed by atoms with Crippen molar-refractivity contribution in [1.82, 2.24) is 0 Å². The number of hydrogen-bond donors (Lipinski definition) is 1. The van der Waals surface area contributed by atoms with Crippen molar-refractivity contribution in [3.63, 3.8) is 0 Å². The van der Waals surface area contributed by atoms with Crippen molar-refractivity contribution in [2.45, 2.75) is 12.8 Å². The third-order valence-corrected chi connectivity index (χ3v) is 3.22. The molecular weight excluding hydrogens is 250 g/mol. The second-order valence-corrected chi connectivity index (χ2v) is 4.69. The number of nitrogens with two attached hydrogens (primary N) is 1. The van der Waals surface area contributed by atoms with Gasteiger partial charge >= 0.3 is 5.97 Å². The van der Waals surface area contributed by atoms with Gasteiger partial charge < -0.3 is 10.5 Å². The fourth-order valence-corrected chi connectivity index (χ4v) is 2.13. The quantitative estimate of drug-likeness (QED) is 0.849. The molecule has 0 aliphatic heterocycles. The summed E-state index contributed by atoms with van der Waals surface area (Å²) in [6.45, 7) is 0.654. The molecule has 20 heavy (non-hydrogen) atoms. The van der Waals surface area contributed by atoms with Crippen molar-refractivity contribution in [2.75, 3.05) is 13.7 Å². The van der Waals surface area contributed by atoms with Gasteiger partial charge in [0.15, 0.2) is 0 Å². The molecule has 0 amide bonds. The number of rotatable bonds is 5. The molecular formula is C17H19NO2. The minimum absolute atomic E-state index is 0.220. The van der Waals surface area contributed by atoms with E-state index in [1.165, 1.54) is 18.2 Å². The Morgan fingerprint density at radius 3 is 2.45 bits per heavy atom. The molecule has 0 heterocycles. The summed E-state index contributed by atoms with van der Waals surface area (Å²) in [5, 5.41) is 0. The van der Waals surface area contributed by atoms with Crippen LogP contribution < -0.4 is 5.73 Å². The zero-order chi connectivity index (χ0) is 14.4. The van der Waals surface area contributed by atoms with E-state index in [1.807, 2.05) is 30.3 Å². The standard InChI is InChI=1S/C17H19NO2/c1-20-17(19)12-14-5-7-15(8-6-14)16-4-2-3-13(11-16)9-10-18/h2-8,11H,9-10,12,18H2,1H3. The third kappa shape index (κ3) is 3.68. The van der Waals surface area contributed by atoms with Gasteiger partial charge in [-0.05, 0) is 35.2 Å². The molecule has 0 unspecified atom stereocenters. The van der Waals surface area contributed by atoms with Crippen LogP contribution in [0.1, 0.15) is 11.1 Å². The summed E-state index contributed by atoms with van der Waals surface area (Å²) in [5.41, 5.74) is 10.1. The minimum atomic E-state index is -0.220. The molecule has 2 rings (SSSR count). The predicted molar refractivity (Wildman–Crippen MR) is 80.4 cm³/mol. The van der Waals surface area contributed by atoms with Gasteiger partial charge in [-0.3, -0.25) is 4.79 Å². The molecule has 0 aliphatic rings. The lowest BCUT2D eigenvalue weighted by Crippen LogP contribution is -2.04. The molecule has 0 spiro atoms. The van der Waals surface area contributed by atoms with Crippen LogP contribution in [0.4, 0.5) is 0 Å². The first-order valence-electron chi connectivity index (χ1n) is 6.68. The van der Waals surface area contributed by atoms with Crippen molar-refractivity contribution >= 4 is 5.97 Å². The van der Waals surface area contributed by atoms with Crippen LogP contribution in [0.2, 0.25) is 0 Å². The van der Waals surface area contributed by atoms with E-state index in [-0.39, 0.29) is 5.97 Å². The summed E-state index contributed by atoms with van der Waals surface area (Å²) in [6, 6.07) is 16.3. The molecule has 0 radical (unpaired) electrons. The highest BCUT2D eigenvalue weighted by Gasteiger charge is 2.04. The van der Waals surface area contributed by atoms with Gasteiger partial charge in [0.1, 0.15) is 0 Å². The van der Waals surface area contributed by atoms with Crippen LogP contribution in [0.5, 0.6) is 0 Å². The first-order valence-corrected chi connectivity index (χ1v) is 6.68. The lowest BCUT2D eigenvalue weighted by Gasteiger charge is -2.06. The average Bonchev–Trinajstić information content (AvgIpc) is 2.48. The van der Waals surface area contributed by atoms with Crippen molar-refractivity contribution in [3.05, 3.63) is 59.7 Å². The minimum Gasteiger partial charge on any atom is -0.469 e. The number of esters is 1. The van der Waals surface area contributed by atoms with Crippen LogP contribution in [0.15, 0.2) is 48.5 Å². The van der Waals surface area contributed by atoms with Crippen molar-refractivity contribution in [3.8, 4) is 11.1 Å². The smallest absolute Gasteiger partial charge is 0.309 e. The summed E-state index contributed by atoms with van der Waals surface area (Å²) >= 11 is 0. The van der Waals surface area contributed by atoms with Gasteiger partial charge in [0, 0.05) is 0 Å². The van der Waals surface area contributed by atoms with E-state index in [2.05, 4.69) is 22.9 Å². The van der Waals surface area contributed by atoms with E-state index >= 15 is 0 Å². The third-order valence-electron chi connectivity index (χ3n) is 3.22. The van der Waals surface area contributed by atoms with Crippen molar-refractivity contribution < 1.29 is 9.53 Å². The lowest BCUT2D eigenvalue weighted by atomic mass is 10.00. The molecule has 2 aromatic rings. The van der Waals surface area contributed by atoms with Gasteiger partial charge in [0.05, 0.1) is 13.5 Å². The predicted octanol–water partition coefficient (Wildman–Crippen LogP) is 2.57. The monoisotopic (exact) mass is 269 g/mol. The Kier molecular flexibility index (Phi) is 4.91. The summed E-state index contributed by atoms with van der Waals surface area (Å²) < 4.78 is 4.66. The highest BCUT2D eigenvalue weighted by Crippen LogP contribution is 2.21. The summed E-state index contributed by atoms with van der Waals surface area (Å²) in [6.07, 6.45) is 1.19. The Balaban J connectivity index is 2.17. The fourth-order valence-electron chi connectivity index (χ4n) is 2.13. The van der Waals surface area contributed by atoms with E-state index in [1.54, 1.807) is 0 Å². The number of methoxy groups -OCH3 is 1. The van der Waals surface area contributed by atoms with Crippen LogP contribution in [0.3, 0.4) is 0 Å². The van der Waals surface area contributed by atoms with Crippen LogP contribution in [-0.4, -0.2) is 19.6 Å². The first kappa shape index (κ1) is 14.3. The van der Waals surface area contributed by atoms with E-state index in [0.717, 1.165) is 17.5 Å². The molecule has 0 saturated carbocycles. The summed E-state index contributed by atoms with van der Waals surface area (Å²) in [4.78, 5) is 11.2. The van der Waals surface area contributed by atoms with Gasteiger partial charge in [-0.2, -0.15) is 0 Å². The zero-order valence-corrected chi connectivity index (χ0v) is 11.6. The largest absolute Gasteiger partial charge is 0.469 e. The van der Waals surface area contributed by atoms with Crippen LogP contribution in [-0.2, 0) is 22.4 Å². The van der Waals surface area contributed by atoms with Gasteiger partial charge in [-0.1, -0.05) is 48.5 Å². The highest BCUT2D eigenvalue weighted by atomic mass is 16.5. The molecule has 2 N–H and O–H groups in total. The number of hydrogen-bond acceptors (Lipinski definition) is 3. The number of carbonyl (C=O) groups excluding carboxylic acids is 1. The molecule has 104 valence electrons. The Hall–Kier alpha value is -2.13. The van der Waals surface area contributed by atoms with Crippen molar-refractivity contribution in [1.29, 1.82) is 0 Å². The topological polar surface area (TPSA) is 52.3 Å². The Labute approximate surface area is 119 Å². The van der Waals surface area contributed by atoms with Gasteiger partial charge in [-0.25, -0.2) is 0 Å².